The van der Waals surface area contributed by atoms with Gasteiger partial charge >= 0.3 is 0 Å². The second-order valence-corrected chi connectivity index (χ2v) is 7.40. The molecule has 142 valence electrons. The van der Waals surface area contributed by atoms with Crippen LogP contribution in [0.3, 0.4) is 0 Å². The molecule has 2 heterocycles. The minimum absolute atomic E-state index is 0.130. The maximum Gasteiger partial charge on any atom is 0.194 e. The van der Waals surface area contributed by atoms with E-state index in [2.05, 4.69) is 4.90 Å². The number of halogens is 2. The highest BCUT2D eigenvalue weighted by molar-refractivity contribution is 6.35. The molecule has 6 heteroatoms. The molecule has 0 unspecified atom stereocenters. The number of benzene rings is 2. The first-order valence-corrected chi connectivity index (χ1v) is 9.52. The maximum atomic E-state index is 13.3. The summed E-state index contributed by atoms with van der Waals surface area (Å²) in [7, 11) is 0. The van der Waals surface area contributed by atoms with E-state index in [1.165, 1.54) is 18.2 Å². The molecule has 0 atom stereocenters. The zero-order valence-electron chi connectivity index (χ0n) is 14.9. The van der Waals surface area contributed by atoms with Crippen LogP contribution in [0.4, 0.5) is 4.39 Å². The molecule has 4 rings (SSSR count). The van der Waals surface area contributed by atoms with Crippen molar-refractivity contribution in [2.45, 2.75) is 25.2 Å². The van der Waals surface area contributed by atoms with E-state index in [9.17, 15) is 9.18 Å². The lowest BCUT2D eigenvalue weighted by molar-refractivity contribution is -0.185. The Morgan fingerprint density at radius 3 is 2.48 bits per heavy atom. The average Bonchev–Trinajstić information content (AvgIpc) is 3.12. The molecule has 2 aliphatic heterocycles. The van der Waals surface area contributed by atoms with E-state index in [1.807, 2.05) is 18.2 Å². The monoisotopic (exact) mass is 389 g/mol. The van der Waals surface area contributed by atoms with Gasteiger partial charge in [-0.25, -0.2) is 4.39 Å². The highest BCUT2D eigenvalue weighted by Crippen LogP contribution is 2.32. The molecule has 1 spiro atoms. The molecular formula is C21H21ClFNO3. The number of rotatable bonds is 4. The number of nitrogens with zero attached hydrogens (tertiary/aromatic N) is 1. The maximum absolute atomic E-state index is 13.3. The summed E-state index contributed by atoms with van der Waals surface area (Å²) in [6.45, 7) is 3.68. The Morgan fingerprint density at radius 2 is 1.78 bits per heavy atom. The van der Waals surface area contributed by atoms with Gasteiger partial charge in [-0.15, -0.1) is 0 Å². The molecule has 0 amide bonds. The van der Waals surface area contributed by atoms with Gasteiger partial charge in [0.25, 0.3) is 0 Å². The standard InChI is InChI=1S/C21H21ClFNO3/c22-19-13-16(23)5-6-18(19)20(25)17-4-2-1-3-15(17)14-24-9-7-21(8-10-24)26-11-12-27-21/h1-6,13H,7-12,14H2. The van der Waals surface area contributed by atoms with Crippen LogP contribution in [0, 0.1) is 5.82 Å². The predicted octanol–water partition coefficient (Wildman–Crippen LogP) is 4.05. The number of hydrogen-bond donors (Lipinski definition) is 0. The summed E-state index contributed by atoms with van der Waals surface area (Å²) < 4.78 is 24.9. The van der Waals surface area contributed by atoms with E-state index in [-0.39, 0.29) is 10.8 Å². The average molecular weight is 390 g/mol. The van der Waals surface area contributed by atoms with Crippen molar-refractivity contribution in [2.75, 3.05) is 26.3 Å². The van der Waals surface area contributed by atoms with Crippen LogP contribution < -0.4 is 0 Å². The van der Waals surface area contributed by atoms with E-state index in [0.29, 0.717) is 30.9 Å². The third-order valence-electron chi connectivity index (χ3n) is 5.26. The topological polar surface area (TPSA) is 38.8 Å². The van der Waals surface area contributed by atoms with Crippen molar-refractivity contribution in [2.24, 2.45) is 0 Å². The molecule has 0 N–H and O–H groups in total. The highest BCUT2D eigenvalue weighted by atomic mass is 35.5. The van der Waals surface area contributed by atoms with Crippen LogP contribution in [0.15, 0.2) is 42.5 Å². The Kier molecular flexibility index (Phi) is 5.28. The highest BCUT2D eigenvalue weighted by Gasteiger charge is 2.39. The smallest absolute Gasteiger partial charge is 0.194 e. The van der Waals surface area contributed by atoms with Gasteiger partial charge in [0, 0.05) is 43.6 Å². The molecule has 27 heavy (non-hydrogen) atoms. The molecule has 2 aromatic carbocycles. The van der Waals surface area contributed by atoms with E-state index in [1.54, 1.807) is 6.07 Å². The summed E-state index contributed by atoms with van der Waals surface area (Å²) in [5.41, 5.74) is 1.85. The van der Waals surface area contributed by atoms with Crippen molar-refractivity contribution in [3.05, 3.63) is 70.0 Å². The minimum Gasteiger partial charge on any atom is -0.347 e. The van der Waals surface area contributed by atoms with Crippen LogP contribution in [0.5, 0.6) is 0 Å². The largest absolute Gasteiger partial charge is 0.347 e. The molecule has 4 nitrogen and oxygen atoms in total. The summed E-state index contributed by atoms with van der Waals surface area (Å²) in [4.78, 5) is 15.3. The molecular weight excluding hydrogens is 369 g/mol. The van der Waals surface area contributed by atoms with Crippen LogP contribution in [0.1, 0.15) is 34.3 Å². The SMILES string of the molecule is O=C(c1ccc(F)cc1Cl)c1ccccc1CN1CCC2(CC1)OCCO2. The Hall–Kier alpha value is -1.79. The van der Waals surface area contributed by atoms with Gasteiger partial charge in [0.15, 0.2) is 11.6 Å². The molecule has 0 radical (unpaired) electrons. The Labute approximate surface area is 162 Å². The fourth-order valence-electron chi connectivity index (χ4n) is 3.78. The summed E-state index contributed by atoms with van der Waals surface area (Å²) in [5, 5.41) is 0.130. The summed E-state index contributed by atoms with van der Waals surface area (Å²) in [5.74, 6) is -1.05. The number of hydrogen-bond acceptors (Lipinski definition) is 4. The van der Waals surface area contributed by atoms with E-state index in [4.69, 9.17) is 21.1 Å². The van der Waals surface area contributed by atoms with Gasteiger partial charge < -0.3 is 9.47 Å². The first-order chi connectivity index (χ1) is 13.1. The van der Waals surface area contributed by atoms with Crippen molar-refractivity contribution in [1.82, 2.24) is 4.90 Å². The fraction of sp³-hybridized carbons (Fsp3) is 0.381. The molecule has 0 aromatic heterocycles. The van der Waals surface area contributed by atoms with Gasteiger partial charge in [-0.3, -0.25) is 9.69 Å². The Bertz CT molecular complexity index is 841. The first-order valence-electron chi connectivity index (χ1n) is 9.14. The van der Waals surface area contributed by atoms with Gasteiger partial charge in [-0.1, -0.05) is 35.9 Å². The summed E-state index contributed by atoms with van der Waals surface area (Å²) in [6, 6.07) is 11.4. The lowest BCUT2D eigenvalue weighted by Crippen LogP contribution is -2.44. The number of carbonyl (C=O) groups excluding carboxylic acids is 1. The van der Waals surface area contributed by atoms with Gasteiger partial charge in [0.2, 0.25) is 0 Å². The first kappa shape index (κ1) is 18.6. The van der Waals surface area contributed by atoms with Crippen molar-refractivity contribution < 1.29 is 18.7 Å². The van der Waals surface area contributed by atoms with Crippen LogP contribution in [-0.2, 0) is 16.0 Å². The van der Waals surface area contributed by atoms with Gasteiger partial charge in [-0.05, 0) is 23.8 Å². The lowest BCUT2D eigenvalue weighted by atomic mass is 9.96. The molecule has 2 aromatic rings. The van der Waals surface area contributed by atoms with Crippen molar-refractivity contribution in [1.29, 1.82) is 0 Å². The van der Waals surface area contributed by atoms with Gasteiger partial charge in [0.1, 0.15) is 5.82 Å². The number of ketones is 1. The number of carbonyl (C=O) groups is 1. The van der Waals surface area contributed by atoms with Crippen molar-refractivity contribution >= 4 is 17.4 Å². The van der Waals surface area contributed by atoms with Crippen molar-refractivity contribution in [3.8, 4) is 0 Å². The predicted molar refractivity (Wildman–Crippen MR) is 100 cm³/mol. The van der Waals surface area contributed by atoms with Crippen molar-refractivity contribution in [3.63, 3.8) is 0 Å². The molecule has 2 aliphatic rings. The number of likely N-dealkylation sites (tertiary alicyclic amines) is 1. The zero-order valence-corrected chi connectivity index (χ0v) is 15.7. The minimum atomic E-state index is -0.455. The third kappa shape index (κ3) is 3.92. The van der Waals surface area contributed by atoms with Crippen LogP contribution >= 0.6 is 11.6 Å². The Balaban J connectivity index is 1.51. The Morgan fingerprint density at radius 1 is 1.07 bits per heavy atom. The second-order valence-electron chi connectivity index (χ2n) is 6.99. The van der Waals surface area contributed by atoms with E-state index >= 15 is 0 Å². The van der Waals surface area contributed by atoms with E-state index in [0.717, 1.165) is 31.5 Å². The van der Waals surface area contributed by atoms with Gasteiger partial charge in [-0.2, -0.15) is 0 Å². The molecule has 2 fully saturated rings. The van der Waals surface area contributed by atoms with Crippen LogP contribution in [-0.4, -0.2) is 42.8 Å². The third-order valence-corrected chi connectivity index (χ3v) is 5.58. The molecule has 2 saturated heterocycles. The zero-order chi connectivity index (χ0) is 18.9. The van der Waals surface area contributed by atoms with E-state index < -0.39 is 11.6 Å². The molecule has 0 saturated carbocycles. The molecule has 0 aliphatic carbocycles. The van der Waals surface area contributed by atoms with Crippen LogP contribution in [0.2, 0.25) is 5.02 Å². The lowest BCUT2D eigenvalue weighted by Gasteiger charge is -2.37. The quantitative estimate of drug-likeness (QED) is 0.739. The second kappa shape index (κ2) is 7.68. The fourth-order valence-corrected chi connectivity index (χ4v) is 4.03. The number of ether oxygens (including phenoxy) is 2. The summed E-state index contributed by atoms with van der Waals surface area (Å²) in [6.07, 6.45) is 1.65. The number of piperidine rings is 1. The van der Waals surface area contributed by atoms with Gasteiger partial charge in [0.05, 0.1) is 18.2 Å². The van der Waals surface area contributed by atoms with Crippen LogP contribution in [0.25, 0.3) is 0 Å². The molecule has 0 bridgehead atoms. The summed E-state index contributed by atoms with van der Waals surface area (Å²) >= 11 is 6.09. The normalized spacial score (nSPS) is 19.5.